The molecule has 2 aromatic carbocycles. The lowest BCUT2D eigenvalue weighted by molar-refractivity contribution is 0.170. The molecule has 2 unspecified atom stereocenters. The van der Waals surface area contributed by atoms with Gasteiger partial charge in [0.2, 0.25) is 0 Å². The minimum absolute atomic E-state index is 0.160. The first-order chi connectivity index (χ1) is 10.0. The number of nitrogens with two attached hydrogens (primary N) is 1. The summed E-state index contributed by atoms with van der Waals surface area (Å²) in [6.07, 6.45) is 0.461. The largest absolute Gasteiger partial charge is 0.483 e. The van der Waals surface area contributed by atoms with Gasteiger partial charge in [0.15, 0.2) is 0 Å². The second-order valence-corrected chi connectivity index (χ2v) is 6.40. The van der Waals surface area contributed by atoms with Crippen molar-refractivity contribution < 1.29 is 4.74 Å². The maximum atomic E-state index is 6.28. The van der Waals surface area contributed by atoms with Gasteiger partial charge in [-0.1, -0.05) is 48.3 Å². The van der Waals surface area contributed by atoms with Crippen molar-refractivity contribution >= 4 is 39.1 Å². The Morgan fingerprint density at radius 2 is 1.90 bits per heavy atom. The van der Waals surface area contributed by atoms with E-state index in [0.29, 0.717) is 15.8 Å². The monoisotopic (exact) mass is 387 g/mol. The maximum absolute atomic E-state index is 6.28. The average molecular weight is 389 g/mol. The molecular formula is C16H16BrCl2NO. The molecule has 0 radical (unpaired) electrons. The van der Waals surface area contributed by atoms with Gasteiger partial charge in [0.05, 0.1) is 4.47 Å². The summed E-state index contributed by atoms with van der Waals surface area (Å²) in [5.74, 6) is 0.688. The van der Waals surface area contributed by atoms with Gasteiger partial charge in [-0.25, -0.2) is 0 Å². The fourth-order valence-corrected chi connectivity index (χ4v) is 3.03. The van der Waals surface area contributed by atoms with Gasteiger partial charge in [-0.2, -0.15) is 0 Å². The van der Waals surface area contributed by atoms with E-state index >= 15 is 0 Å². The molecule has 5 heteroatoms. The average Bonchev–Trinajstić information content (AvgIpc) is 2.47. The first-order valence-electron chi connectivity index (χ1n) is 6.64. The van der Waals surface area contributed by atoms with Crippen molar-refractivity contribution in [3.8, 4) is 5.75 Å². The van der Waals surface area contributed by atoms with Crippen LogP contribution in [0.15, 0.2) is 46.9 Å². The Morgan fingerprint density at radius 1 is 1.19 bits per heavy atom. The highest BCUT2D eigenvalue weighted by Gasteiger charge is 2.23. The van der Waals surface area contributed by atoms with Crippen LogP contribution in [0.4, 0.5) is 0 Å². The molecule has 0 bridgehead atoms. The summed E-state index contributed by atoms with van der Waals surface area (Å²) in [5, 5.41) is 1.29. The van der Waals surface area contributed by atoms with Gasteiger partial charge >= 0.3 is 0 Å². The predicted molar refractivity (Wildman–Crippen MR) is 92.2 cm³/mol. The number of ether oxygens (including phenoxy) is 1. The van der Waals surface area contributed by atoms with Gasteiger partial charge in [-0.15, -0.1) is 0 Å². The molecule has 0 amide bonds. The Kier molecular flexibility index (Phi) is 5.94. The minimum atomic E-state index is -0.318. The van der Waals surface area contributed by atoms with Crippen molar-refractivity contribution in [1.29, 1.82) is 0 Å². The fourth-order valence-electron chi connectivity index (χ4n) is 2.01. The second kappa shape index (κ2) is 7.50. The van der Waals surface area contributed by atoms with E-state index in [4.69, 9.17) is 33.7 Å². The van der Waals surface area contributed by atoms with Gasteiger partial charge in [-0.3, -0.25) is 0 Å². The van der Waals surface area contributed by atoms with E-state index in [9.17, 15) is 0 Å². The first-order valence-corrected chi connectivity index (χ1v) is 8.19. The van der Waals surface area contributed by atoms with Crippen LogP contribution in [0.5, 0.6) is 5.75 Å². The van der Waals surface area contributed by atoms with Gasteiger partial charge in [0.1, 0.15) is 11.9 Å². The van der Waals surface area contributed by atoms with E-state index in [2.05, 4.69) is 15.9 Å². The topological polar surface area (TPSA) is 35.2 Å². The van der Waals surface area contributed by atoms with Crippen molar-refractivity contribution in [3.63, 3.8) is 0 Å². The molecule has 0 aromatic heterocycles. The minimum Gasteiger partial charge on any atom is -0.483 e. The zero-order valence-corrected chi connectivity index (χ0v) is 14.6. The summed E-state index contributed by atoms with van der Waals surface area (Å²) in [7, 11) is 0. The van der Waals surface area contributed by atoms with Crippen molar-refractivity contribution in [1.82, 2.24) is 0 Å². The van der Waals surface area contributed by atoms with E-state index in [1.165, 1.54) is 0 Å². The zero-order valence-electron chi connectivity index (χ0n) is 11.5. The van der Waals surface area contributed by atoms with Gasteiger partial charge in [0.25, 0.3) is 0 Å². The highest BCUT2D eigenvalue weighted by molar-refractivity contribution is 9.10. The van der Waals surface area contributed by atoms with Crippen molar-refractivity contribution in [2.24, 2.45) is 5.73 Å². The van der Waals surface area contributed by atoms with E-state index in [1.807, 2.05) is 37.3 Å². The standard InChI is InChI=1S/C16H16BrCl2NO/c1-2-14(20)16(11-5-3-4-6-13(11)19)21-15-8-7-10(18)9-12(15)17/h3-9,14,16H,2,20H2,1H3. The maximum Gasteiger partial charge on any atom is 0.140 e. The number of hydrogen-bond donors (Lipinski definition) is 1. The van der Waals surface area contributed by atoms with Gasteiger partial charge in [-0.05, 0) is 46.6 Å². The van der Waals surface area contributed by atoms with Crippen LogP contribution in [0.3, 0.4) is 0 Å². The lowest BCUT2D eigenvalue weighted by Crippen LogP contribution is -2.31. The molecule has 0 aliphatic heterocycles. The number of rotatable bonds is 5. The molecule has 0 aliphatic rings. The van der Waals surface area contributed by atoms with Crippen LogP contribution in [0.2, 0.25) is 10.0 Å². The van der Waals surface area contributed by atoms with Crippen LogP contribution in [0.1, 0.15) is 25.0 Å². The van der Waals surface area contributed by atoms with Gasteiger partial charge in [0, 0.05) is 21.7 Å². The zero-order chi connectivity index (χ0) is 15.4. The molecule has 21 heavy (non-hydrogen) atoms. The molecule has 0 saturated heterocycles. The smallest absolute Gasteiger partial charge is 0.140 e. The van der Waals surface area contributed by atoms with Crippen LogP contribution in [0.25, 0.3) is 0 Å². The van der Waals surface area contributed by atoms with Crippen LogP contribution in [-0.2, 0) is 0 Å². The first kappa shape index (κ1) is 16.6. The molecule has 0 heterocycles. The Morgan fingerprint density at radius 3 is 2.52 bits per heavy atom. The van der Waals surface area contributed by atoms with Crippen LogP contribution < -0.4 is 10.5 Å². The summed E-state index contributed by atoms with van der Waals surface area (Å²) in [5.41, 5.74) is 7.11. The lowest BCUT2D eigenvalue weighted by Gasteiger charge is -2.26. The van der Waals surface area contributed by atoms with Crippen molar-refractivity contribution in [2.75, 3.05) is 0 Å². The third-order valence-electron chi connectivity index (χ3n) is 3.22. The Bertz CT molecular complexity index is 621. The van der Waals surface area contributed by atoms with E-state index in [-0.39, 0.29) is 12.1 Å². The third-order valence-corrected chi connectivity index (χ3v) is 4.42. The Balaban J connectivity index is 2.35. The molecule has 2 atom stereocenters. The van der Waals surface area contributed by atoms with Crippen molar-refractivity contribution in [3.05, 3.63) is 62.5 Å². The summed E-state index contributed by atoms with van der Waals surface area (Å²) in [4.78, 5) is 0. The predicted octanol–water partition coefficient (Wildman–Crippen LogP) is 5.61. The third kappa shape index (κ3) is 4.13. The molecular weight excluding hydrogens is 373 g/mol. The molecule has 0 fully saturated rings. The van der Waals surface area contributed by atoms with Gasteiger partial charge < -0.3 is 10.5 Å². The quantitative estimate of drug-likeness (QED) is 0.721. The number of hydrogen-bond acceptors (Lipinski definition) is 2. The van der Waals surface area contributed by atoms with E-state index < -0.39 is 0 Å². The molecule has 112 valence electrons. The summed E-state index contributed by atoms with van der Waals surface area (Å²) >= 11 is 15.7. The summed E-state index contributed by atoms with van der Waals surface area (Å²) in [6.45, 7) is 2.02. The van der Waals surface area contributed by atoms with Crippen LogP contribution in [-0.4, -0.2) is 6.04 Å². The van der Waals surface area contributed by atoms with Crippen LogP contribution in [0, 0.1) is 0 Å². The molecule has 0 spiro atoms. The molecule has 2 rings (SSSR count). The summed E-state index contributed by atoms with van der Waals surface area (Å²) < 4.78 is 6.89. The van der Waals surface area contributed by atoms with Crippen molar-refractivity contribution in [2.45, 2.75) is 25.5 Å². The highest BCUT2D eigenvalue weighted by atomic mass is 79.9. The Hall–Kier alpha value is -0.740. The normalized spacial score (nSPS) is 13.8. The number of halogens is 3. The Labute approximate surface area is 143 Å². The molecule has 2 N–H and O–H groups in total. The second-order valence-electron chi connectivity index (χ2n) is 4.71. The lowest BCUT2D eigenvalue weighted by atomic mass is 10.0. The molecule has 0 saturated carbocycles. The summed E-state index contributed by atoms with van der Waals surface area (Å²) in [6, 6.07) is 12.8. The molecule has 2 aromatic rings. The SMILES string of the molecule is CCC(N)C(Oc1ccc(Cl)cc1Br)c1ccccc1Cl. The number of benzene rings is 2. The van der Waals surface area contributed by atoms with E-state index in [0.717, 1.165) is 16.5 Å². The fraction of sp³-hybridized carbons (Fsp3) is 0.250. The molecule has 0 aliphatic carbocycles. The van der Waals surface area contributed by atoms with E-state index in [1.54, 1.807) is 12.1 Å². The highest BCUT2D eigenvalue weighted by Crippen LogP contribution is 2.35. The molecule has 2 nitrogen and oxygen atoms in total. The van der Waals surface area contributed by atoms with Crippen LogP contribution >= 0.6 is 39.1 Å².